The molecular formula is C12H16N2O. The van der Waals surface area contributed by atoms with Gasteiger partial charge in [-0.25, -0.2) is 0 Å². The Bertz CT molecular complexity index is 345. The van der Waals surface area contributed by atoms with Gasteiger partial charge in [0, 0.05) is 31.4 Å². The van der Waals surface area contributed by atoms with Gasteiger partial charge >= 0.3 is 0 Å². The predicted molar refractivity (Wildman–Crippen MR) is 62.2 cm³/mol. The Labute approximate surface area is 90.1 Å². The Hall–Kier alpha value is -1.51. The van der Waals surface area contributed by atoms with Crippen LogP contribution < -0.4 is 10.2 Å². The van der Waals surface area contributed by atoms with Crippen LogP contribution in [0.2, 0.25) is 0 Å². The fourth-order valence-electron chi connectivity index (χ4n) is 1.89. The molecule has 1 aliphatic rings. The topological polar surface area (TPSA) is 32.3 Å². The van der Waals surface area contributed by atoms with E-state index in [-0.39, 0.29) is 5.91 Å². The smallest absolute Gasteiger partial charge is 0.226 e. The summed E-state index contributed by atoms with van der Waals surface area (Å²) in [5, 5.41) is 3.06. The zero-order valence-electron chi connectivity index (χ0n) is 8.99. The zero-order valence-corrected chi connectivity index (χ0v) is 8.99. The molecule has 0 bridgehead atoms. The Morgan fingerprint density at radius 3 is 2.53 bits per heavy atom. The van der Waals surface area contributed by atoms with Crippen LogP contribution in [0.5, 0.6) is 0 Å². The van der Waals surface area contributed by atoms with Gasteiger partial charge in [-0.3, -0.25) is 4.79 Å². The van der Waals surface area contributed by atoms with Crippen LogP contribution in [0.3, 0.4) is 0 Å². The van der Waals surface area contributed by atoms with Crippen molar-refractivity contribution in [2.45, 2.75) is 19.3 Å². The molecule has 1 fully saturated rings. The highest BCUT2D eigenvalue weighted by atomic mass is 16.2. The minimum Gasteiger partial charge on any atom is -0.388 e. The second-order valence-electron chi connectivity index (χ2n) is 3.80. The SMILES string of the molecule is CNc1ccc(N2CCCCC2=O)cc1. The van der Waals surface area contributed by atoms with E-state index in [1.807, 2.05) is 36.2 Å². The number of anilines is 2. The molecule has 15 heavy (non-hydrogen) atoms. The van der Waals surface area contributed by atoms with Gasteiger partial charge in [-0.1, -0.05) is 0 Å². The van der Waals surface area contributed by atoms with Crippen molar-refractivity contribution in [1.82, 2.24) is 0 Å². The van der Waals surface area contributed by atoms with E-state index in [1.165, 1.54) is 0 Å². The minimum atomic E-state index is 0.249. The number of benzene rings is 1. The van der Waals surface area contributed by atoms with Crippen LogP contribution in [0.1, 0.15) is 19.3 Å². The third-order valence-corrected chi connectivity index (χ3v) is 2.79. The molecule has 1 aromatic carbocycles. The third kappa shape index (κ3) is 2.12. The number of hydrogen-bond acceptors (Lipinski definition) is 2. The molecule has 0 aromatic heterocycles. The Balaban J connectivity index is 2.17. The molecule has 1 amide bonds. The first kappa shape index (κ1) is 10.0. The lowest BCUT2D eigenvalue weighted by Crippen LogP contribution is -2.35. The van der Waals surface area contributed by atoms with Gasteiger partial charge in [0.05, 0.1) is 0 Å². The van der Waals surface area contributed by atoms with Crippen LogP contribution >= 0.6 is 0 Å². The van der Waals surface area contributed by atoms with E-state index in [0.717, 1.165) is 30.8 Å². The maximum Gasteiger partial charge on any atom is 0.226 e. The van der Waals surface area contributed by atoms with Crippen molar-refractivity contribution in [1.29, 1.82) is 0 Å². The summed E-state index contributed by atoms with van der Waals surface area (Å²) in [6, 6.07) is 7.98. The Morgan fingerprint density at radius 2 is 1.93 bits per heavy atom. The van der Waals surface area contributed by atoms with Gasteiger partial charge in [-0.05, 0) is 37.1 Å². The zero-order chi connectivity index (χ0) is 10.7. The number of amides is 1. The van der Waals surface area contributed by atoms with Gasteiger partial charge in [-0.2, -0.15) is 0 Å². The number of carbonyl (C=O) groups excluding carboxylic acids is 1. The van der Waals surface area contributed by atoms with E-state index in [9.17, 15) is 4.79 Å². The van der Waals surface area contributed by atoms with Gasteiger partial charge < -0.3 is 10.2 Å². The second-order valence-corrected chi connectivity index (χ2v) is 3.80. The monoisotopic (exact) mass is 204 g/mol. The first-order chi connectivity index (χ1) is 7.31. The summed E-state index contributed by atoms with van der Waals surface area (Å²) in [5.74, 6) is 0.249. The molecule has 1 aromatic rings. The molecule has 1 saturated heterocycles. The lowest BCUT2D eigenvalue weighted by molar-refractivity contribution is -0.119. The van der Waals surface area contributed by atoms with Gasteiger partial charge in [-0.15, -0.1) is 0 Å². The molecule has 3 heteroatoms. The Morgan fingerprint density at radius 1 is 1.20 bits per heavy atom. The quantitative estimate of drug-likeness (QED) is 0.801. The Kier molecular flexibility index (Phi) is 2.90. The molecule has 0 unspecified atom stereocenters. The number of piperidine rings is 1. The number of nitrogens with one attached hydrogen (secondary N) is 1. The standard InChI is InChI=1S/C12H16N2O/c1-13-10-5-7-11(8-6-10)14-9-3-2-4-12(14)15/h5-8,13H,2-4,9H2,1H3. The van der Waals surface area contributed by atoms with Crippen molar-refractivity contribution in [3.8, 4) is 0 Å². The van der Waals surface area contributed by atoms with Crippen LogP contribution in [0.25, 0.3) is 0 Å². The summed E-state index contributed by atoms with van der Waals surface area (Å²) in [6.45, 7) is 0.859. The molecule has 0 atom stereocenters. The highest BCUT2D eigenvalue weighted by molar-refractivity contribution is 5.94. The maximum atomic E-state index is 11.7. The van der Waals surface area contributed by atoms with E-state index in [0.29, 0.717) is 6.42 Å². The minimum absolute atomic E-state index is 0.249. The third-order valence-electron chi connectivity index (χ3n) is 2.79. The average Bonchev–Trinajstić information content (AvgIpc) is 2.30. The van der Waals surface area contributed by atoms with Crippen molar-refractivity contribution in [3.05, 3.63) is 24.3 Å². The highest BCUT2D eigenvalue weighted by Gasteiger charge is 2.18. The average molecular weight is 204 g/mol. The van der Waals surface area contributed by atoms with Crippen molar-refractivity contribution in [3.63, 3.8) is 0 Å². The first-order valence-corrected chi connectivity index (χ1v) is 5.39. The number of carbonyl (C=O) groups is 1. The summed E-state index contributed by atoms with van der Waals surface area (Å²) in [7, 11) is 1.89. The molecule has 1 aliphatic heterocycles. The van der Waals surface area contributed by atoms with E-state index in [4.69, 9.17) is 0 Å². The summed E-state index contributed by atoms with van der Waals surface area (Å²) < 4.78 is 0. The molecular weight excluding hydrogens is 188 g/mol. The normalized spacial score (nSPS) is 16.6. The lowest BCUT2D eigenvalue weighted by atomic mass is 10.1. The predicted octanol–water partition coefficient (Wildman–Crippen LogP) is 2.25. The van der Waals surface area contributed by atoms with Gasteiger partial charge in [0.15, 0.2) is 0 Å². The highest BCUT2D eigenvalue weighted by Crippen LogP contribution is 2.22. The molecule has 0 spiro atoms. The van der Waals surface area contributed by atoms with E-state index < -0.39 is 0 Å². The van der Waals surface area contributed by atoms with Crippen molar-refractivity contribution in [2.75, 3.05) is 23.8 Å². The number of nitrogens with zero attached hydrogens (tertiary/aromatic N) is 1. The van der Waals surface area contributed by atoms with Gasteiger partial charge in [0.2, 0.25) is 5.91 Å². The molecule has 80 valence electrons. The van der Waals surface area contributed by atoms with Gasteiger partial charge in [0.1, 0.15) is 0 Å². The lowest BCUT2D eigenvalue weighted by Gasteiger charge is -2.26. The molecule has 0 aliphatic carbocycles. The first-order valence-electron chi connectivity index (χ1n) is 5.39. The van der Waals surface area contributed by atoms with Crippen LogP contribution in [-0.4, -0.2) is 19.5 Å². The number of hydrogen-bond donors (Lipinski definition) is 1. The van der Waals surface area contributed by atoms with Crippen LogP contribution in [0.4, 0.5) is 11.4 Å². The summed E-state index contributed by atoms with van der Waals surface area (Å²) in [5.41, 5.74) is 2.09. The molecule has 2 rings (SSSR count). The van der Waals surface area contributed by atoms with Crippen molar-refractivity contribution in [2.24, 2.45) is 0 Å². The summed E-state index contributed by atoms with van der Waals surface area (Å²) in [4.78, 5) is 13.5. The summed E-state index contributed by atoms with van der Waals surface area (Å²) in [6.07, 6.45) is 2.83. The fourth-order valence-corrected chi connectivity index (χ4v) is 1.89. The van der Waals surface area contributed by atoms with E-state index in [2.05, 4.69) is 5.32 Å². The molecule has 0 radical (unpaired) electrons. The second kappa shape index (κ2) is 4.34. The van der Waals surface area contributed by atoms with Crippen LogP contribution in [0.15, 0.2) is 24.3 Å². The van der Waals surface area contributed by atoms with E-state index >= 15 is 0 Å². The fraction of sp³-hybridized carbons (Fsp3) is 0.417. The molecule has 1 heterocycles. The molecule has 0 saturated carbocycles. The number of rotatable bonds is 2. The molecule has 3 nitrogen and oxygen atoms in total. The van der Waals surface area contributed by atoms with Crippen LogP contribution in [-0.2, 0) is 4.79 Å². The molecule has 1 N–H and O–H groups in total. The van der Waals surface area contributed by atoms with Gasteiger partial charge in [0.25, 0.3) is 0 Å². The van der Waals surface area contributed by atoms with Crippen molar-refractivity contribution >= 4 is 17.3 Å². The largest absolute Gasteiger partial charge is 0.388 e. The van der Waals surface area contributed by atoms with Crippen LogP contribution in [0, 0.1) is 0 Å². The summed E-state index contributed by atoms with van der Waals surface area (Å²) >= 11 is 0. The van der Waals surface area contributed by atoms with Crippen molar-refractivity contribution < 1.29 is 4.79 Å². The van der Waals surface area contributed by atoms with E-state index in [1.54, 1.807) is 0 Å². The maximum absolute atomic E-state index is 11.7.